The second kappa shape index (κ2) is 7.08. The molecule has 0 fully saturated rings. The molecule has 3 N–H and O–H groups in total. The summed E-state index contributed by atoms with van der Waals surface area (Å²) in [5.74, 6) is 0.697. The summed E-state index contributed by atoms with van der Waals surface area (Å²) in [7, 11) is 5.63. The summed E-state index contributed by atoms with van der Waals surface area (Å²) in [6.45, 7) is 2.65. The molecular weight excluding hydrogens is 230 g/mol. The van der Waals surface area contributed by atoms with Gasteiger partial charge in [-0.15, -0.1) is 0 Å². The van der Waals surface area contributed by atoms with Gasteiger partial charge in [0.15, 0.2) is 0 Å². The molecule has 0 amide bonds. The summed E-state index contributed by atoms with van der Waals surface area (Å²) >= 11 is 0. The van der Waals surface area contributed by atoms with Gasteiger partial charge >= 0.3 is 0 Å². The van der Waals surface area contributed by atoms with Gasteiger partial charge in [0.2, 0.25) is 0 Å². The molecule has 0 aliphatic heterocycles. The Hall–Kier alpha value is -1.46. The van der Waals surface area contributed by atoms with Crippen molar-refractivity contribution in [2.45, 2.75) is 0 Å². The van der Waals surface area contributed by atoms with E-state index in [0.717, 1.165) is 18.8 Å². The Bertz CT molecular complexity index is 371. The van der Waals surface area contributed by atoms with Crippen LogP contribution in [0.1, 0.15) is 0 Å². The fourth-order valence-corrected chi connectivity index (χ4v) is 1.67. The van der Waals surface area contributed by atoms with Crippen molar-refractivity contribution in [1.82, 2.24) is 4.90 Å². The van der Waals surface area contributed by atoms with E-state index in [1.807, 2.05) is 32.3 Å². The maximum atomic E-state index is 8.83. The summed E-state index contributed by atoms with van der Waals surface area (Å²) in [5, 5.41) is 8.83. The molecule has 5 heteroatoms. The minimum Gasteiger partial charge on any atom is -0.495 e. The van der Waals surface area contributed by atoms with Crippen molar-refractivity contribution >= 4 is 11.4 Å². The average Bonchev–Trinajstić information content (AvgIpc) is 2.37. The van der Waals surface area contributed by atoms with Crippen molar-refractivity contribution in [3.05, 3.63) is 18.2 Å². The van der Waals surface area contributed by atoms with Crippen molar-refractivity contribution in [3.8, 4) is 5.75 Å². The van der Waals surface area contributed by atoms with Crippen molar-refractivity contribution in [1.29, 1.82) is 0 Å². The lowest BCUT2D eigenvalue weighted by atomic mass is 10.2. The van der Waals surface area contributed by atoms with Crippen LogP contribution < -0.4 is 15.4 Å². The summed E-state index contributed by atoms with van der Waals surface area (Å²) < 4.78 is 5.20. The van der Waals surface area contributed by atoms with Gasteiger partial charge in [0.1, 0.15) is 5.75 Å². The molecule has 0 unspecified atom stereocenters. The number of methoxy groups -OCH3 is 1. The van der Waals surface area contributed by atoms with Crippen LogP contribution in [0.5, 0.6) is 5.75 Å². The normalized spacial score (nSPS) is 10.7. The van der Waals surface area contributed by atoms with Crippen LogP contribution in [-0.2, 0) is 0 Å². The number of anilines is 2. The first-order chi connectivity index (χ1) is 8.58. The zero-order chi connectivity index (χ0) is 13.5. The third-order valence-corrected chi connectivity index (χ3v) is 2.96. The summed E-state index contributed by atoms with van der Waals surface area (Å²) in [6.07, 6.45) is 0. The molecule has 1 aromatic rings. The number of aliphatic hydroxyl groups is 1. The smallest absolute Gasteiger partial charge is 0.143 e. The molecule has 1 rings (SSSR count). The van der Waals surface area contributed by atoms with Gasteiger partial charge in [0.05, 0.1) is 19.4 Å². The van der Waals surface area contributed by atoms with Crippen molar-refractivity contribution in [2.75, 3.05) is 58.1 Å². The van der Waals surface area contributed by atoms with Gasteiger partial charge in [-0.1, -0.05) is 0 Å². The van der Waals surface area contributed by atoms with E-state index in [2.05, 4.69) is 9.80 Å². The minimum absolute atomic E-state index is 0.190. The molecule has 0 aliphatic carbocycles. The van der Waals surface area contributed by atoms with Gasteiger partial charge in [-0.3, -0.25) is 0 Å². The first kappa shape index (κ1) is 14.6. The van der Waals surface area contributed by atoms with Crippen molar-refractivity contribution in [2.24, 2.45) is 0 Å². The van der Waals surface area contributed by atoms with Gasteiger partial charge in [0, 0.05) is 38.4 Å². The van der Waals surface area contributed by atoms with Crippen LogP contribution in [0.2, 0.25) is 0 Å². The number of nitrogens with two attached hydrogens (primary N) is 1. The number of hydrogen-bond donors (Lipinski definition) is 2. The predicted octanol–water partition coefficient (Wildman–Crippen LogP) is 0.638. The molecule has 0 spiro atoms. The number of hydrogen-bond acceptors (Lipinski definition) is 5. The standard InChI is InChI=1S/C13H23N3O2/c1-15(8-9-17)6-7-16(2)11-4-5-12(14)13(10-11)18-3/h4-5,10,17H,6-9,14H2,1-3H3. The lowest BCUT2D eigenvalue weighted by Gasteiger charge is -2.23. The van der Waals surface area contributed by atoms with Crippen LogP contribution in [0.3, 0.4) is 0 Å². The fourth-order valence-electron chi connectivity index (χ4n) is 1.67. The number of nitrogen functional groups attached to an aromatic ring is 1. The Balaban J connectivity index is 2.58. The molecule has 1 aromatic carbocycles. The van der Waals surface area contributed by atoms with E-state index in [0.29, 0.717) is 18.0 Å². The van der Waals surface area contributed by atoms with Gasteiger partial charge in [0.25, 0.3) is 0 Å². The van der Waals surface area contributed by atoms with E-state index in [1.54, 1.807) is 7.11 Å². The molecule has 5 nitrogen and oxygen atoms in total. The van der Waals surface area contributed by atoms with Gasteiger partial charge in [-0.2, -0.15) is 0 Å². The minimum atomic E-state index is 0.190. The average molecular weight is 253 g/mol. The Labute approximate surface area is 109 Å². The molecule has 0 saturated heterocycles. The van der Waals surface area contributed by atoms with E-state index < -0.39 is 0 Å². The Kier molecular flexibility index (Phi) is 5.74. The quantitative estimate of drug-likeness (QED) is 0.698. The maximum Gasteiger partial charge on any atom is 0.143 e. The monoisotopic (exact) mass is 253 g/mol. The fraction of sp³-hybridized carbons (Fsp3) is 0.538. The Morgan fingerprint density at radius 3 is 2.56 bits per heavy atom. The van der Waals surface area contributed by atoms with Crippen LogP contribution in [-0.4, -0.2) is 57.5 Å². The molecule has 0 atom stereocenters. The largest absolute Gasteiger partial charge is 0.495 e. The lowest BCUT2D eigenvalue weighted by Crippen LogP contribution is -2.32. The summed E-state index contributed by atoms with van der Waals surface area (Å²) in [4.78, 5) is 4.22. The molecular formula is C13H23N3O2. The third kappa shape index (κ3) is 4.09. The second-order valence-corrected chi connectivity index (χ2v) is 4.37. The highest BCUT2D eigenvalue weighted by atomic mass is 16.5. The van der Waals surface area contributed by atoms with E-state index in [1.165, 1.54) is 0 Å². The topological polar surface area (TPSA) is 62.0 Å². The first-order valence-electron chi connectivity index (χ1n) is 6.02. The molecule has 0 heterocycles. The summed E-state index contributed by atoms with van der Waals surface area (Å²) in [6, 6.07) is 5.76. The number of ether oxygens (including phenoxy) is 1. The highest BCUT2D eigenvalue weighted by Gasteiger charge is 2.06. The molecule has 0 bridgehead atoms. The Morgan fingerprint density at radius 1 is 1.22 bits per heavy atom. The van der Waals surface area contributed by atoms with Crippen LogP contribution in [0, 0.1) is 0 Å². The van der Waals surface area contributed by atoms with Gasteiger partial charge < -0.3 is 25.4 Å². The number of aliphatic hydroxyl groups excluding tert-OH is 1. The molecule has 0 radical (unpaired) electrons. The molecule has 0 aromatic heterocycles. The van der Waals surface area contributed by atoms with Crippen LogP contribution in [0.4, 0.5) is 11.4 Å². The molecule has 18 heavy (non-hydrogen) atoms. The number of likely N-dealkylation sites (N-methyl/N-ethyl adjacent to an activating group) is 2. The lowest BCUT2D eigenvalue weighted by molar-refractivity contribution is 0.224. The van der Waals surface area contributed by atoms with Gasteiger partial charge in [-0.25, -0.2) is 0 Å². The van der Waals surface area contributed by atoms with Crippen LogP contribution in [0.25, 0.3) is 0 Å². The highest BCUT2D eigenvalue weighted by molar-refractivity contribution is 5.62. The number of benzene rings is 1. The third-order valence-electron chi connectivity index (χ3n) is 2.96. The Morgan fingerprint density at radius 2 is 1.94 bits per heavy atom. The first-order valence-corrected chi connectivity index (χ1v) is 6.02. The highest BCUT2D eigenvalue weighted by Crippen LogP contribution is 2.26. The SMILES string of the molecule is COc1cc(N(C)CCN(C)CCO)ccc1N. The van der Waals surface area contributed by atoms with E-state index in [-0.39, 0.29) is 6.61 Å². The maximum absolute atomic E-state index is 8.83. The summed E-state index contributed by atoms with van der Waals surface area (Å²) in [5.41, 5.74) is 7.50. The van der Waals surface area contributed by atoms with E-state index in [9.17, 15) is 0 Å². The second-order valence-electron chi connectivity index (χ2n) is 4.37. The molecule has 102 valence electrons. The predicted molar refractivity (Wildman–Crippen MR) is 75.3 cm³/mol. The van der Waals surface area contributed by atoms with Crippen molar-refractivity contribution < 1.29 is 9.84 Å². The zero-order valence-corrected chi connectivity index (χ0v) is 11.4. The van der Waals surface area contributed by atoms with Crippen molar-refractivity contribution in [3.63, 3.8) is 0 Å². The van der Waals surface area contributed by atoms with Crippen LogP contribution in [0.15, 0.2) is 18.2 Å². The molecule has 0 saturated carbocycles. The van der Waals surface area contributed by atoms with Gasteiger partial charge in [-0.05, 0) is 19.2 Å². The number of rotatable bonds is 7. The molecule has 0 aliphatic rings. The number of nitrogens with zero attached hydrogens (tertiary/aromatic N) is 2. The zero-order valence-electron chi connectivity index (χ0n) is 11.4. The van der Waals surface area contributed by atoms with E-state index >= 15 is 0 Å². The van der Waals surface area contributed by atoms with Crippen LogP contribution >= 0.6 is 0 Å². The van der Waals surface area contributed by atoms with E-state index in [4.69, 9.17) is 15.6 Å².